The second-order valence-electron chi connectivity index (χ2n) is 5.69. The Morgan fingerprint density at radius 1 is 1.26 bits per heavy atom. The Balaban J connectivity index is 1.67. The van der Waals surface area contributed by atoms with Crippen LogP contribution in [0.2, 0.25) is 0 Å². The smallest absolute Gasteiger partial charge is 0.246 e. The van der Waals surface area contributed by atoms with Crippen molar-refractivity contribution < 1.29 is 12.8 Å². The van der Waals surface area contributed by atoms with E-state index in [1.54, 1.807) is 28.4 Å². The number of aromatic nitrogens is 2. The molecular formula is C15H22N4O3S. The predicted molar refractivity (Wildman–Crippen MR) is 85.4 cm³/mol. The topological polar surface area (TPSA) is 71.6 Å². The fourth-order valence-electron chi connectivity index (χ4n) is 2.80. The molecule has 0 aromatic carbocycles. The van der Waals surface area contributed by atoms with Crippen molar-refractivity contribution in [2.45, 2.75) is 31.8 Å². The van der Waals surface area contributed by atoms with E-state index >= 15 is 0 Å². The van der Waals surface area contributed by atoms with Crippen LogP contribution in [-0.2, 0) is 23.1 Å². The van der Waals surface area contributed by atoms with Gasteiger partial charge in [0, 0.05) is 38.9 Å². The molecule has 2 aromatic rings. The molecule has 3 heterocycles. The van der Waals surface area contributed by atoms with Gasteiger partial charge >= 0.3 is 0 Å². The molecular weight excluding hydrogens is 316 g/mol. The van der Waals surface area contributed by atoms with Crippen molar-refractivity contribution >= 4 is 10.0 Å². The fourth-order valence-corrected chi connectivity index (χ4v) is 4.40. The molecule has 1 aliphatic rings. The summed E-state index contributed by atoms with van der Waals surface area (Å²) in [6.45, 7) is 7.42. The molecule has 0 spiro atoms. The van der Waals surface area contributed by atoms with E-state index < -0.39 is 10.0 Å². The van der Waals surface area contributed by atoms with Crippen molar-refractivity contribution in [3.63, 3.8) is 0 Å². The number of hydrogen-bond acceptors (Lipinski definition) is 5. The number of hydrogen-bond donors (Lipinski definition) is 0. The van der Waals surface area contributed by atoms with E-state index in [1.807, 2.05) is 19.1 Å². The monoisotopic (exact) mass is 338 g/mol. The largest absolute Gasteiger partial charge is 0.468 e. The Labute approximate surface area is 136 Å². The third kappa shape index (κ3) is 3.34. The van der Waals surface area contributed by atoms with Crippen LogP contribution in [0.4, 0.5) is 0 Å². The van der Waals surface area contributed by atoms with Crippen LogP contribution in [0.3, 0.4) is 0 Å². The van der Waals surface area contributed by atoms with E-state index in [1.165, 1.54) is 0 Å². The van der Waals surface area contributed by atoms with Gasteiger partial charge in [-0.1, -0.05) is 0 Å². The molecule has 0 saturated carbocycles. The van der Waals surface area contributed by atoms with Crippen molar-refractivity contribution in [3.8, 4) is 0 Å². The molecule has 1 saturated heterocycles. The van der Waals surface area contributed by atoms with Crippen LogP contribution >= 0.6 is 0 Å². The summed E-state index contributed by atoms with van der Waals surface area (Å²) in [4.78, 5) is 2.52. The van der Waals surface area contributed by atoms with Crippen LogP contribution in [0.15, 0.2) is 33.9 Å². The summed E-state index contributed by atoms with van der Waals surface area (Å²) in [7, 11) is -3.47. The van der Waals surface area contributed by atoms with E-state index in [-0.39, 0.29) is 0 Å². The Hall–Kier alpha value is -1.64. The van der Waals surface area contributed by atoms with E-state index in [2.05, 4.69) is 10.00 Å². The standard InChI is InChI=1S/C15H22N4O3S/c1-3-18-12-15(13(2)16-18)23(20,21)19-8-6-17(7-9-19)11-14-5-4-10-22-14/h4-5,10,12H,3,6-9,11H2,1-2H3. The number of rotatable bonds is 5. The summed E-state index contributed by atoms with van der Waals surface area (Å²) in [5, 5.41) is 4.24. The van der Waals surface area contributed by atoms with Crippen LogP contribution in [0.1, 0.15) is 18.4 Å². The number of furan rings is 1. The van der Waals surface area contributed by atoms with E-state index in [4.69, 9.17) is 4.42 Å². The molecule has 0 N–H and O–H groups in total. The minimum Gasteiger partial charge on any atom is -0.468 e. The minimum absolute atomic E-state index is 0.318. The molecule has 3 rings (SSSR count). The highest BCUT2D eigenvalue weighted by Gasteiger charge is 2.31. The summed E-state index contributed by atoms with van der Waals surface area (Å²) in [5.41, 5.74) is 0.560. The molecule has 7 nitrogen and oxygen atoms in total. The molecule has 1 aliphatic heterocycles. The lowest BCUT2D eigenvalue weighted by molar-refractivity contribution is 0.171. The molecule has 0 amide bonds. The summed E-state index contributed by atoms with van der Waals surface area (Å²) in [5.74, 6) is 0.904. The Morgan fingerprint density at radius 2 is 2.00 bits per heavy atom. The molecule has 23 heavy (non-hydrogen) atoms. The maximum Gasteiger partial charge on any atom is 0.246 e. The molecule has 2 aromatic heterocycles. The van der Waals surface area contributed by atoms with Gasteiger partial charge in [0.15, 0.2) is 0 Å². The first kappa shape index (κ1) is 16.2. The second-order valence-corrected chi connectivity index (χ2v) is 7.60. The van der Waals surface area contributed by atoms with Gasteiger partial charge in [-0.05, 0) is 26.0 Å². The van der Waals surface area contributed by atoms with Crippen LogP contribution in [0.5, 0.6) is 0 Å². The molecule has 0 aliphatic carbocycles. The van der Waals surface area contributed by atoms with Crippen LogP contribution in [0, 0.1) is 6.92 Å². The maximum atomic E-state index is 12.8. The lowest BCUT2D eigenvalue weighted by Crippen LogP contribution is -2.48. The van der Waals surface area contributed by atoms with Crippen molar-refractivity contribution in [3.05, 3.63) is 36.0 Å². The highest BCUT2D eigenvalue weighted by atomic mass is 32.2. The van der Waals surface area contributed by atoms with Crippen LogP contribution in [-0.4, -0.2) is 53.6 Å². The number of nitrogens with zero attached hydrogens (tertiary/aromatic N) is 4. The predicted octanol–water partition coefficient (Wildman–Crippen LogP) is 1.31. The summed E-state index contributed by atoms with van der Waals surface area (Å²) < 4.78 is 34.2. The van der Waals surface area contributed by atoms with Gasteiger partial charge in [0.1, 0.15) is 10.7 Å². The molecule has 126 valence electrons. The third-order valence-corrected chi connectivity index (χ3v) is 6.14. The molecule has 0 bridgehead atoms. The zero-order valence-electron chi connectivity index (χ0n) is 13.5. The zero-order valence-corrected chi connectivity index (χ0v) is 14.3. The van der Waals surface area contributed by atoms with Gasteiger partial charge in [-0.3, -0.25) is 9.58 Å². The summed E-state index contributed by atoms with van der Waals surface area (Å²) in [6, 6.07) is 3.80. The van der Waals surface area contributed by atoms with Gasteiger partial charge in [-0.15, -0.1) is 0 Å². The van der Waals surface area contributed by atoms with Crippen molar-refractivity contribution in [1.82, 2.24) is 19.0 Å². The average molecular weight is 338 g/mol. The van der Waals surface area contributed by atoms with E-state index in [0.717, 1.165) is 5.76 Å². The Bertz CT molecular complexity index is 744. The average Bonchev–Trinajstić information content (AvgIpc) is 3.17. The van der Waals surface area contributed by atoms with Crippen molar-refractivity contribution in [2.75, 3.05) is 26.2 Å². The highest BCUT2D eigenvalue weighted by molar-refractivity contribution is 7.89. The van der Waals surface area contributed by atoms with Crippen LogP contribution < -0.4 is 0 Å². The summed E-state index contributed by atoms with van der Waals surface area (Å²) in [6.07, 6.45) is 3.28. The number of aryl methyl sites for hydroxylation is 2. The van der Waals surface area contributed by atoms with Gasteiger partial charge in [0.2, 0.25) is 10.0 Å². The van der Waals surface area contributed by atoms with Gasteiger partial charge in [0.25, 0.3) is 0 Å². The first-order valence-electron chi connectivity index (χ1n) is 7.79. The second kappa shape index (κ2) is 6.46. The van der Waals surface area contributed by atoms with Crippen LogP contribution in [0.25, 0.3) is 0 Å². The third-order valence-electron chi connectivity index (χ3n) is 4.13. The SMILES string of the molecule is CCn1cc(S(=O)(=O)N2CCN(Cc3ccco3)CC2)c(C)n1. The first-order valence-corrected chi connectivity index (χ1v) is 9.23. The first-order chi connectivity index (χ1) is 11.0. The highest BCUT2D eigenvalue weighted by Crippen LogP contribution is 2.21. The molecule has 1 fully saturated rings. The van der Waals surface area contributed by atoms with Gasteiger partial charge in [0.05, 0.1) is 18.5 Å². The van der Waals surface area contributed by atoms with E-state index in [0.29, 0.717) is 49.9 Å². The minimum atomic E-state index is -3.47. The Morgan fingerprint density at radius 3 is 2.57 bits per heavy atom. The lowest BCUT2D eigenvalue weighted by atomic mass is 10.3. The summed E-state index contributed by atoms with van der Waals surface area (Å²) >= 11 is 0. The van der Waals surface area contributed by atoms with Gasteiger partial charge < -0.3 is 4.42 Å². The van der Waals surface area contributed by atoms with Gasteiger partial charge in [-0.25, -0.2) is 8.42 Å². The molecule has 8 heteroatoms. The lowest BCUT2D eigenvalue weighted by Gasteiger charge is -2.33. The molecule has 0 atom stereocenters. The van der Waals surface area contributed by atoms with Crippen molar-refractivity contribution in [2.24, 2.45) is 0 Å². The zero-order chi connectivity index (χ0) is 16.4. The molecule has 0 unspecified atom stereocenters. The number of sulfonamides is 1. The normalized spacial score (nSPS) is 17.7. The fraction of sp³-hybridized carbons (Fsp3) is 0.533. The number of piperazine rings is 1. The molecule has 0 radical (unpaired) electrons. The quantitative estimate of drug-likeness (QED) is 0.822. The van der Waals surface area contributed by atoms with Gasteiger partial charge in [-0.2, -0.15) is 9.40 Å². The maximum absolute atomic E-state index is 12.8. The van der Waals surface area contributed by atoms with E-state index in [9.17, 15) is 8.42 Å². The Kier molecular flexibility index (Phi) is 4.56. The van der Waals surface area contributed by atoms with Crippen molar-refractivity contribution in [1.29, 1.82) is 0 Å².